The number of nitrogens with zero attached hydrogens (tertiary/aromatic N) is 3. The normalized spacial score (nSPS) is 19.0. The SMILES string of the molecule is COC(=O)C1(Cc2ccccc2)CCCn2c(=O)n(CC(=O)O)c(=O)n21. The standard InChI is InChI=1S/C17H19N3O6/c1-26-14(23)17(10-12-6-3-2-4-7-12)8-5-9-19-15(24)18(11-13(21)22)16(25)20(17)19/h2-4,6-7H,5,8-11H2,1H3,(H,21,22). The van der Waals surface area contributed by atoms with E-state index < -0.39 is 35.4 Å². The molecule has 1 unspecified atom stereocenters. The molecule has 0 fully saturated rings. The van der Waals surface area contributed by atoms with Crippen molar-refractivity contribution in [1.82, 2.24) is 13.9 Å². The average Bonchev–Trinajstić information content (AvgIpc) is 2.87. The van der Waals surface area contributed by atoms with Gasteiger partial charge in [-0.25, -0.2) is 28.3 Å². The van der Waals surface area contributed by atoms with Crippen LogP contribution < -0.4 is 11.4 Å². The molecule has 1 aliphatic heterocycles. The summed E-state index contributed by atoms with van der Waals surface area (Å²) in [6, 6.07) is 9.10. The van der Waals surface area contributed by atoms with Gasteiger partial charge in [0.2, 0.25) is 0 Å². The van der Waals surface area contributed by atoms with Gasteiger partial charge in [-0.2, -0.15) is 0 Å². The minimum atomic E-state index is -1.39. The first-order valence-corrected chi connectivity index (χ1v) is 8.18. The molecule has 1 aromatic carbocycles. The van der Waals surface area contributed by atoms with Gasteiger partial charge in [-0.3, -0.25) is 4.79 Å². The Labute approximate surface area is 148 Å². The highest BCUT2D eigenvalue weighted by atomic mass is 16.5. The van der Waals surface area contributed by atoms with Gasteiger partial charge in [0.1, 0.15) is 6.54 Å². The number of rotatable bonds is 5. The molecule has 138 valence electrons. The highest BCUT2D eigenvalue weighted by Gasteiger charge is 2.47. The van der Waals surface area contributed by atoms with Gasteiger partial charge in [0, 0.05) is 13.0 Å². The van der Waals surface area contributed by atoms with Crippen molar-refractivity contribution in [2.24, 2.45) is 0 Å². The highest BCUT2D eigenvalue weighted by molar-refractivity contribution is 5.79. The van der Waals surface area contributed by atoms with Gasteiger partial charge in [-0.15, -0.1) is 0 Å². The number of hydrogen-bond donors (Lipinski definition) is 1. The van der Waals surface area contributed by atoms with Gasteiger partial charge in [0.05, 0.1) is 7.11 Å². The Kier molecular flexibility index (Phi) is 4.54. The van der Waals surface area contributed by atoms with E-state index in [0.717, 1.165) is 14.9 Å². The fourth-order valence-electron chi connectivity index (χ4n) is 3.58. The molecule has 1 atom stereocenters. The number of fused-ring (bicyclic) bond motifs is 1. The number of aliphatic carboxylic acids is 1. The molecule has 0 saturated heterocycles. The minimum Gasteiger partial charge on any atom is -0.480 e. The predicted molar refractivity (Wildman–Crippen MR) is 90.0 cm³/mol. The number of carbonyl (C=O) groups excluding carboxylic acids is 1. The number of ether oxygens (including phenoxy) is 1. The van der Waals surface area contributed by atoms with E-state index in [1.807, 2.05) is 30.3 Å². The molecular weight excluding hydrogens is 342 g/mol. The summed E-state index contributed by atoms with van der Waals surface area (Å²) in [4.78, 5) is 49.1. The topological polar surface area (TPSA) is 113 Å². The summed E-state index contributed by atoms with van der Waals surface area (Å²) >= 11 is 0. The van der Waals surface area contributed by atoms with E-state index in [9.17, 15) is 19.2 Å². The predicted octanol–water partition coefficient (Wildman–Crippen LogP) is -0.199. The Morgan fingerprint density at radius 1 is 1.19 bits per heavy atom. The molecule has 9 heteroatoms. The van der Waals surface area contributed by atoms with Crippen LogP contribution in [0.3, 0.4) is 0 Å². The smallest absolute Gasteiger partial charge is 0.348 e. The van der Waals surface area contributed by atoms with E-state index in [0.29, 0.717) is 17.4 Å². The second-order valence-electron chi connectivity index (χ2n) is 6.27. The van der Waals surface area contributed by atoms with Crippen LogP contribution in [0.1, 0.15) is 18.4 Å². The number of aromatic nitrogens is 3. The second kappa shape index (κ2) is 6.66. The van der Waals surface area contributed by atoms with Crippen molar-refractivity contribution >= 4 is 11.9 Å². The Bertz CT molecular complexity index is 955. The molecule has 1 aromatic heterocycles. The summed E-state index contributed by atoms with van der Waals surface area (Å²) in [6.45, 7) is -0.526. The summed E-state index contributed by atoms with van der Waals surface area (Å²) in [5.41, 5.74) is -2.15. The van der Waals surface area contributed by atoms with Gasteiger partial charge in [0.15, 0.2) is 5.54 Å². The van der Waals surface area contributed by atoms with Crippen LogP contribution in [-0.2, 0) is 39.4 Å². The van der Waals surface area contributed by atoms with Crippen LogP contribution in [0.2, 0.25) is 0 Å². The van der Waals surface area contributed by atoms with Crippen molar-refractivity contribution in [2.45, 2.75) is 37.9 Å². The molecule has 3 rings (SSSR count). The van der Waals surface area contributed by atoms with E-state index in [-0.39, 0.29) is 13.0 Å². The Hall–Kier alpha value is -3.10. The maximum Gasteiger partial charge on any atom is 0.348 e. The molecule has 0 aliphatic carbocycles. The van der Waals surface area contributed by atoms with Gasteiger partial charge in [-0.1, -0.05) is 30.3 Å². The Morgan fingerprint density at radius 2 is 1.88 bits per heavy atom. The lowest BCUT2D eigenvalue weighted by molar-refractivity contribution is -0.154. The molecular formula is C17H19N3O6. The number of carboxylic acid groups (broad SMARTS) is 1. The fraction of sp³-hybridized carbons (Fsp3) is 0.412. The summed E-state index contributed by atoms with van der Waals surface area (Å²) in [6.07, 6.45) is 0.959. The van der Waals surface area contributed by atoms with Crippen LogP contribution in [0.5, 0.6) is 0 Å². The van der Waals surface area contributed by atoms with Crippen LogP contribution in [0, 0.1) is 0 Å². The van der Waals surface area contributed by atoms with Gasteiger partial charge >= 0.3 is 23.3 Å². The maximum absolute atomic E-state index is 12.8. The summed E-state index contributed by atoms with van der Waals surface area (Å²) in [5, 5.41) is 8.99. The van der Waals surface area contributed by atoms with E-state index in [1.165, 1.54) is 7.11 Å². The van der Waals surface area contributed by atoms with E-state index >= 15 is 0 Å². The first-order chi connectivity index (χ1) is 12.4. The number of esters is 1. The Balaban J connectivity index is 2.23. The molecule has 26 heavy (non-hydrogen) atoms. The van der Waals surface area contributed by atoms with E-state index in [2.05, 4.69) is 0 Å². The number of hydrogen-bond acceptors (Lipinski definition) is 5. The van der Waals surface area contributed by atoms with Gasteiger partial charge < -0.3 is 9.84 Å². The molecule has 0 saturated carbocycles. The summed E-state index contributed by atoms with van der Waals surface area (Å²) in [7, 11) is 1.23. The molecule has 9 nitrogen and oxygen atoms in total. The van der Waals surface area contributed by atoms with Crippen molar-refractivity contribution in [1.29, 1.82) is 0 Å². The number of methoxy groups -OCH3 is 1. The third kappa shape index (κ3) is 2.75. The van der Waals surface area contributed by atoms with Crippen LogP contribution in [0.4, 0.5) is 0 Å². The molecule has 0 bridgehead atoms. The first-order valence-electron chi connectivity index (χ1n) is 8.18. The molecule has 1 N–H and O–H groups in total. The van der Waals surface area contributed by atoms with Crippen LogP contribution in [-0.4, -0.2) is 38.1 Å². The van der Waals surface area contributed by atoms with Gasteiger partial charge in [-0.05, 0) is 18.4 Å². The second-order valence-corrected chi connectivity index (χ2v) is 6.27. The fourth-order valence-corrected chi connectivity index (χ4v) is 3.58. The highest BCUT2D eigenvalue weighted by Crippen LogP contribution is 2.31. The van der Waals surface area contributed by atoms with Crippen molar-refractivity contribution < 1.29 is 19.4 Å². The molecule has 1 aliphatic rings. The zero-order valence-corrected chi connectivity index (χ0v) is 14.3. The number of carbonyl (C=O) groups is 2. The zero-order chi connectivity index (χ0) is 18.9. The van der Waals surface area contributed by atoms with E-state index in [4.69, 9.17) is 9.84 Å². The lowest BCUT2D eigenvalue weighted by Gasteiger charge is -2.36. The van der Waals surface area contributed by atoms with E-state index in [1.54, 1.807) is 0 Å². The molecule has 2 aromatic rings. The summed E-state index contributed by atoms with van der Waals surface area (Å²) < 4.78 is 7.83. The van der Waals surface area contributed by atoms with Crippen molar-refractivity contribution in [3.05, 3.63) is 56.9 Å². The van der Waals surface area contributed by atoms with Crippen molar-refractivity contribution in [3.8, 4) is 0 Å². The van der Waals surface area contributed by atoms with Crippen molar-refractivity contribution in [3.63, 3.8) is 0 Å². The number of benzene rings is 1. The minimum absolute atomic E-state index is 0.164. The van der Waals surface area contributed by atoms with Gasteiger partial charge in [0.25, 0.3) is 0 Å². The summed E-state index contributed by atoms with van der Waals surface area (Å²) in [5.74, 6) is -1.94. The van der Waals surface area contributed by atoms with Crippen LogP contribution in [0.15, 0.2) is 39.9 Å². The largest absolute Gasteiger partial charge is 0.480 e. The first kappa shape index (κ1) is 17.7. The number of carboxylic acids is 1. The average molecular weight is 361 g/mol. The monoisotopic (exact) mass is 361 g/mol. The maximum atomic E-state index is 12.8. The van der Waals surface area contributed by atoms with Crippen LogP contribution in [0.25, 0.3) is 0 Å². The lowest BCUT2D eigenvalue weighted by atomic mass is 9.85. The third-order valence-corrected chi connectivity index (χ3v) is 4.67. The lowest BCUT2D eigenvalue weighted by Crippen LogP contribution is -2.55. The zero-order valence-electron chi connectivity index (χ0n) is 14.3. The van der Waals surface area contributed by atoms with Crippen molar-refractivity contribution in [2.75, 3.05) is 7.11 Å². The third-order valence-electron chi connectivity index (χ3n) is 4.67. The molecule has 2 heterocycles. The molecule has 0 spiro atoms. The molecule has 0 amide bonds. The Morgan fingerprint density at radius 3 is 2.50 bits per heavy atom. The van der Waals surface area contributed by atoms with Crippen LogP contribution >= 0.6 is 0 Å². The quantitative estimate of drug-likeness (QED) is 0.738. The molecule has 0 radical (unpaired) electrons.